The Labute approximate surface area is 173 Å². The van der Waals surface area contributed by atoms with Crippen LogP contribution in [0.1, 0.15) is 5.69 Å². The zero-order valence-electron chi connectivity index (χ0n) is 14.0. The molecule has 5 nitrogen and oxygen atoms in total. The van der Waals surface area contributed by atoms with Crippen LogP contribution in [0.15, 0.2) is 58.4 Å². The fraction of sp³-hybridized carbons (Fsp3) is 0.105. The SMILES string of the molecule is O=C(Cc1csc(-c2ccccc2Cl)n1)NCC(=O)Nc1ccccc1Br. The molecule has 2 amide bonds. The molecular weight excluding hydrogens is 450 g/mol. The average Bonchev–Trinajstić information content (AvgIpc) is 3.10. The number of nitrogens with zero attached hydrogens (tertiary/aromatic N) is 1. The van der Waals surface area contributed by atoms with Crippen LogP contribution in [0.4, 0.5) is 5.69 Å². The Bertz CT molecular complexity index is 977. The zero-order valence-corrected chi connectivity index (χ0v) is 17.2. The number of aromatic nitrogens is 1. The lowest BCUT2D eigenvalue weighted by molar-refractivity contribution is -0.123. The largest absolute Gasteiger partial charge is 0.347 e. The molecule has 0 radical (unpaired) electrons. The number of halogens is 2. The van der Waals surface area contributed by atoms with Crippen LogP contribution in [-0.2, 0) is 16.0 Å². The highest BCUT2D eigenvalue weighted by atomic mass is 79.9. The van der Waals surface area contributed by atoms with Gasteiger partial charge in [-0.15, -0.1) is 11.3 Å². The fourth-order valence-corrected chi connectivity index (χ4v) is 3.83. The Hall–Kier alpha value is -2.22. The van der Waals surface area contributed by atoms with E-state index in [1.165, 1.54) is 11.3 Å². The van der Waals surface area contributed by atoms with Crippen molar-refractivity contribution < 1.29 is 9.59 Å². The molecule has 0 bridgehead atoms. The molecule has 0 aliphatic heterocycles. The minimum Gasteiger partial charge on any atom is -0.347 e. The van der Waals surface area contributed by atoms with E-state index in [9.17, 15) is 9.59 Å². The summed E-state index contributed by atoms with van der Waals surface area (Å²) in [7, 11) is 0. The molecule has 2 aromatic carbocycles. The van der Waals surface area contributed by atoms with E-state index in [1.54, 1.807) is 12.1 Å². The number of para-hydroxylation sites is 1. The Kier molecular flexibility index (Phi) is 6.60. The molecule has 138 valence electrons. The number of hydrogen-bond donors (Lipinski definition) is 2. The number of thiazole rings is 1. The molecule has 0 atom stereocenters. The number of amides is 2. The summed E-state index contributed by atoms with van der Waals surface area (Å²) >= 11 is 11.0. The van der Waals surface area contributed by atoms with Gasteiger partial charge in [0.25, 0.3) is 0 Å². The van der Waals surface area contributed by atoms with Crippen molar-refractivity contribution in [3.63, 3.8) is 0 Å². The Morgan fingerprint density at radius 1 is 1.07 bits per heavy atom. The van der Waals surface area contributed by atoms with E-state index in [1.807, 2.05) is 41.8 Å². The van der Waals surface area contributed by atoms with E-state index in [0.717, 1.165) is 15.0 Å². The molecule has 27 heavy (non-hydrogen) atoms. The van der Waals surface area contributed by atoms with Crippen molar-refractivity contribution in [1.29, 1.82) is 0 Å². The third kappa shape index (κ3) is 5.38. The van der Waals surface area contributed by atoms with E-state index >= 15 is 0 Å². The second-order valence-corrected chi connectivity index (χ2v) is 7.73. The second kappa shape index (κ2) is 9.12. The van der Waals surface area contributed by atoms with Crippen LogP contribution < -0.4 is 10.6 Å². The number of carbonyl (C=O) groups excluding carboxylic acids is 2. The van der Waals surface area contributed by atoms with Crippen molar-refractivity contribution >= 4 is 56.4 Å². The summed E-state index contributed by atoms with van der Waals surface area (Å²) in [6, 6.07) is 14.7. The maximum atomic E-state index is 12.1. The van der Waals surface area contributed by atoms with Gasteiger partial charge in [0.1, 0.15) is 5.01 Å². The first-order valence-electron chi connectivity index (χ1n) is 8.03. The first-order chi connectivity index (χ1) is 13.0. The van der Waals surface area contributed by atoms with Crippen molar-refractivity contribution in [2.24, 2.45) is 0 Å². The first-order valence-corrected chi connectivity index (χ1v) is 10.1. The maximum absolute atomic E-state index is 12.1. The van der Waals surface area contributed by atoms with E-state index < -0.39 is 0 Å². The molecule has 0 saturated carbocycles. The molecule has 0 saturated heterocycles. The fourth-order valence-electron chi connectivity index (χ4n) is 2.31. The summed E-state index contributed by atoms with van der Waals surface area (Å²) in [5.41, 5.74) is 2.13. The summed E-state index contributed by atoms with van der Waals surface area (Å²) in [5, 5.41) is 8.53. The molecule has 1 heterocycles. The molecule has 0 fully saturated rings. The van der Waals surface area contributed by atoms with Crippen LogP contribution in [0, 0.1) is 0 Å². The molecule has 0 unspecified atom stereocenters. The van der Waals surface area contributed by atoms with Gasteiger partial charge in [-0.25, -0.2) is 4.98 Å². The van der Waals surface area contributed by atoms with Gasteiger partial charge in [-0.05, 0) is 34.1 Å². The summed E-state index contributed by atoms with van der Waals surface area (Å²) in [6.07, 6.45) is 0.100. The van der Waals surface area contributed by atoms with Crippen LogP contribution in [0.5, 0.6) is 0 Å². The lowest BCUT2D eigenvalue weighted by atomic mass is 10.2. The predicted molar refractivity (Wildman–Crippen MR) is 112 cm³/mol. The van der Waals surface area contributed by atoms with Crippen LogP contribution in [-0.4, -0.2) is 23.3 Å². The highest BCUT2D eigenvalue weighted by molar-refractivity contribution is 9.10. The van der Waals surface area contributed by atoms with Gasteiger partial charge >= 0.3 is 0 Å². The van der Waals surface area contributed by atoms with Crippen molar-refractivity contribution in [2.45, 2.75) is 6.42 Å². The van der Waals surface area contributed by atoms with E-state index in [4.69, 9.17) is 11.6 Å². The van der Waals surface area contributed by atoms with Crippen LogP contribution in [0.2, 0.25) is 5.02 Å². The maximum Gasteiger partial charge on any atom is 0.243 e. The highest BCUT2D eigenvalue weighted by Crippen LogP contribution is 2.30. The standard InChI is InChI=1S/C19H15BrClN3O2S/c20-14-6-2-4-8-16(14)24-18(26)10-22-17(25)9-12-11-27-19(23-12)13-5-1-3-7-15(13)21/h1-8,11H,9-10H2,(H,22,25)(H,24,26). The summed E-state index contributed by atoms with van der Waals surface area (Å²) in [4.78, 5) is 28.5. The predicted octanol–water partition coefficient (Wildman–Crippen LogP) is 4.52. The molecule has 1 aromatic heterocycles. The molecule has 8 heteroatoms. The summed E-state index contributed by atoms with van der Waals surface area (Å²) in [6.45, 7) is -0.109. The van der Waals surface area contributed by atoms with E-state index in [2.05, 4.69) is 31.5 Å². The third-order valence-corrected chi connectivity index (χ3v) is 5.54. The number of hydrogen-bond acceptors (Lipinski definition) is 4. The first kappa shape index (κ1) is 19.5. The zero-order chi connectivity index (χ0) is 19.2. The molecule has 0 aliphatic carbocycles. The smallest absolute Gasteiger partial charge is 0.243 e. The van der Waals surface area contributed by atoms with Gasteiger partial charge in [-0.3, -0.25) is 9.59 Å². The molecule has 2 N–H and O–H groups in total. The van der Waals surface area contributed by atoms with Gasteiger partial charge in [0.05, 0.1) is 29.4 Å². The van der Waals surface area contributed by atoms with Crippen LogP contribution in [0.25, 0.3) is 10.6 Å². The highest BCUT2D eigenvalue weighted by Gasteiger charge is 2.12. The van der Waals surface area contributed by atoms with Gasteiger partial charge < -0.3 is 10.6 Å². The van der Waals surface area contributed by atoms with Gasteiger partial charge in [-0.1, -0.05) is 41.9 Å². The lowest BCUT2D eigenvalue weighted by Gasteiger charge is -2.08. The minimum absolute atomic E-state index is 0.100. The monoisotopic (exact) mass is 463 g/mol. The summed E-state index contributed by atoms with van der Waals surface area (Å²) < 4.78 is 0.777. The number of rotatable bonds is 6. The number of benzene rings is 2. The van der Waals surface area contributed by atoms with Crippen molar-refractivity contribution in [1.82, 2.24) is 10.3 Å². The van der Waals surface area contributed by atoms with Gasteiger partial charge in [0, 0.05) is 15.4 Å². The van der Waals surface area contributed by atoms with Crippen molar-refractivity contribution in [2.75, 3.05) is 11.9 Å². The van der Waals surface area contributed by atoms with E-state index in [0.29, 0.717) is 16.4 Å². The topological polar surface area (TPSA) is 71.1 Å². The third-order valence-electron chi connectivity index (χ3n) is 3.59. The van der Waals surface area contributed by atoms with Gasteiger partial charge in [0.2, 0.25) is 11.8 Å². The van der Waals surface area contributed by atoms with Crippen molar-refractivity contribution in [3.8, 4) is 10.6 Å². The number of anilines is 1. The second-order valence-electron chi connectivity index (χ2n) is 5.61. The van der Waals surface area contributed by atoms with Crippen molar-refractivity contribution in [3.05, 3.63) is 69.1 Å². The van der Waals surface area contributed by atoms with Crippen LogP contribution in [0.3, 0.4) is 0 Å². The number of carbonyl (C=O) groups is 2. The molecular formula is C19H15BrClN3O2S. The van der Waals surface area contributed by atoms with Gasteiger partial charge in [0.15, 0.2) is 0 Å². The summed E-state index contributed by atoms with van der Waals surface area (Å²) in [5.74, 6) is -0.571. The Balaban J connectivity index is 1.52. The molecule has 3 aromatic rings. The quantitative estimate of drug-likeness (QED) is 0.563. The van der Waals surface area contributed by atoms with Crippen LogP contribution >= 0.6 is 38.9 Å². The molecule has 0 spiro atoms. The normalized spacial score (nSPS) is 10.4. The van der Waals surface area contributed by atoms with Gasteiger partial charge in [-0.2, -0.15) is 0 Å². The Morgan fingerprint density at radius 2 is 1.81 bits per heavy atom. The average molecular weight is 465 g/mol. The molecule has 0 aliphatic rings. The molecule has 3 rings (SSSR count). The van der Waals surface area contributed by atoms with E-state index in [-0.39, 0.29) is 24.8 Å². The minimum atomic E-state index is -0.301. The Morgan fingerprint density at radius 3 is 2.59 bits per heavy atom. The lowest BCUT2D eigenvalue weighted by Crippen LogP contribution is -2.33. The number of nitrogens with one attached hydrogen (secondary N) is 2.